The summed E-state index contributed by atoms with van der Waals surface area (Å²) in [5.41, 5.74) is 3.01. The fourth-order valence-electron chi connectivity index (χ4n) is 5.25. The highest BCUT2D eigenvalue weighted by molar-refractivity contribution is 5.86. The Morgan fingerprint density at radius 3 is 2.51 bits per heavy atom. The third-order valence-corrected chi connectivity index (χ3v) is 7.57. The molecule has 0 unspecified atom stereocenters. The van der Waals surface area contributed by atoms with E-state index in [1.165, 1.54) is 4.57 Å². The molecule has 0 bridgehead atoms. The van der Waals surface area contributed by atoms with Crippen molar-refractivity contribution in [2.45, 2.75) is 64.1 Å². The quantitative estimate of drug-likeness (QED) is 0.535. The summed E-state index contributed by atoms with van der Waals surface area (Å²) in [6.45, 7) is 6.20. The molecule has 2 aliphatic rings. The van der Waals surface area contributed by atoms with Gasteiger partial charge in [-0.15, -0.1) is 0 Å². The largest absolute Gasteiger partial charge is 0.349 e. The van der Waals surface area contributed by atoms with E-state index >= 15 is 0 Å². The van der Waals surface area contributed by atoms with Gasteiger partial charge in [-0.25, -0.2) is 14.2 Å². The zero-order chi connectivity index (χ0) is 24.7. The van der Waals surface area contributed by atoms with Gasteiger partial charge in [-0.3, -0.25) is 9.47 Å². The molecule has 3 heterocycles. The average Bonchev–Trinajstić information content (AvgIpc) is 3.72. The van der Waals surface area contributed by atoms with E-state index in [1.54, 1.807) is 25.2 Å². The number of fused-ring (bicyclic) bond motifs is 1. The predicted molar refractivity (Wildman–Crippen MR) is 134 cm³/mol. The summed E-state index contributed by atoms with van der Waals surface area (Å²) in [6.07, 6.45) is 4.04. The third-order valence-electron chi connectivity index (χ3n) is 7.57. The van der Waals surface area contributed by atoms with Crippen LogP contribution in [0.25, 0.3) is 11.0 Å². The maximum atomic E-state index is 15.0. The van der Waals surface area contributed by atoms with E-state index in [4.69, 9.17) is 0 Å². The van der Waals surface area contributed by atoms with E-state index in [1.807, 2.05) is 6.07 Å². The molecule has 182 valence electrons. The molecule has 0 radical (unpaired) electrons. The van der Waals surface area contributed by atoms with Crippen molar-refractivity contribution in [2.24, 2.45) is 7.05 Å². The number of pyridine rings is 1. The Labute approximate surface area is 204 Å². The van der Waals surface area contributed by atoms with Crippen LogP contribution in [0.1, 0.15) is 62.3 Å². The fraction of sp³-hybridized carbons (Fsp3) is 0.481. The average molecular weight is 475 g/mol. The lowest BCUT2D eigenvalue weighted by Gasteiger charge is -2.47. The van der Waals surface area contributed by atoms with Gasteiger partial charge in [0.25, 0.3) is 0 Å². The molecule has 1 saturated carbocycles. The van der Waals surface area contributed by atoms with Crippen LogP contribution in [0.2, 0.25) is 0 Å². The van der Waals surface area contributed by atoms with Crippen LogP contribution in [0, 0.1) is 17.1 Å². The van der Waals surface area contributed by atoms with Crippen molar-refractivity contribution >= 4 is 16.9 Å². The zero-order valence-corrected chi connectivity index (χ0v) is 20.5. The zero-order valence-electron chi connectivity index (χ0n) is 20.5. The minimum atomic E-state index is -0.345. The van der Waals surface area contributed by atoms with Gasteiger partial charge in [0.05, 0.1) is 5.52 Å². The second-order valence-electron chi connectivity index (χ2n) is 9.78. The monoisotopic (exact) mass is 474 g/mol. The summed E-state index contributed by atoms with van der Waals surface area (Å²) in [4.78, 5) is 26.2. The van der Waals surface area contributed by atoms with Crippen molar-refractivity contribution < 1.29 is 4.39 Å². The summed E-state index contributed by atoms with van der Waals surface area (Å²) < 4.78 is 16.4. The molecule has 1 aromatic carbocycles. The molecule has 2 aromatic heterocycles. The summed E-state index contributed by atoms with van der Waals surface area (Å²) >= 11 is 0. The predicted octanol–water partition coefficient (Wildman–Crippen LogP) is 4.10. The number of benzene rings is 1. The Hall–Kier alpha value is -3.31. The van der Waals surface area contributed by atoms with E-state index in [2.05, 4.69) is 45.8 Å². The third kappa shape index (κ3) is 4.41. The molecule has 35 heavy (non-hydrogen) atoms. The number of hydrogen-bond acceptors (Lipinski definition) is 6. The fourth-order valence-corrected chi connectivity index (χ4v) is 5.25. The van der Waals surface area contributed by atoms with Gasteiger partial charge < -0.3 is 4.90 Å². The van der Waals surface area contributed by atoms with Crippen molar-refractivity contribution in [3.63, 3.8) is 0 Å². The number of hydrogen-bond donors (Lipinski definition) is 0. The summed E-state index contributed by atoms with van der Waals surface area (Å²) in [7, 11) is 1.67. The number of nitriles is 1. The van der Waals surface area contributed by atoms with Crippen LogP contribution in [0.4, 0.5) is 10.2 Å². The Morgan fingerprint density at radius 1 is 1.09 bits per heavy atom. The molecule has 0 spiro atoms. The summed E-state index contributed by atoms with van der Waals surface area (Å²) in [5.74, 6) is 0.948. The van der Waals surface area contributed by atoms with Crippen LogP contribution < -0.4 is 10.6 Å². The molecule has 1 saturated heterocycles. The lowest BCUT2D eigenvalue weighted by molar-refractivity contribution is 0.134. The molecule has 1 aliphatic heterocycles. The first kappa shape index (κ1) is 23.4. The van der Waals surface area contributed by atoms with E-state index in [-0.39, 0.29) is 23.6 Å². The number of aromatic nitrogens is 3. The smallest absolute Gasteiger partial charge is 0.349 e. The molecule has 0 N–H and O–H groups in total. The maximum Gasteiger partial charge on any atom is 0.349 e. The van der Waals surface area contributed by atoms with Crippen LogP contribution in [0.5, 0.6) is 0 Å². The number of piperazine rings is 1. The number of anilines is 1. The van der Waals surface area contributed by atoms with Gasteiger partial charge in [0.2, 0.25) is 0 Å². The number of aryl methyl sites for hydroxylation is 1. The molecule has 2 fully saturated rings. The van der Waals surface area contributed by atoms with E-state index in [9.17, 15) is 14.4 Å². The van der Waals surface area contributed by atoms with Gasteiger partial charge in [-0.2, -0.15) is 10.2 Å². The highest BCUT2D eigenvalue weighted by Gasteiger charge is 2.35. The van der Waals surface area contributed by atoms with E-state index < -0.39 is 0 Å². The van der Waals surface area contributed by atoms with Gasteiger partial charge in [0, 0.05) is 44.3 Å². The Kier molecular flexibility index (Phi) is 6.28. The topological polar surface area (TPSA) is 78.0 Å². The van der Waals surface area contributed by atoms with Gasteiger partial charge in [0.1, 0.15) is 23.1 Å². The summed E-state index contributed by atoms with van der Waals surface area (Å²) in [5, 5.41) is 9.40. The van der Waals surface area contributed by atoms with Crippen molar-refractivity contribution in [2.75, 3.05) is 18.0 Å². The molecule has 7 nitrogen and oxygen atoms in total. The van der Waals surface area contributed by atoms with Crippen LogP contribution in [-0.4, -0.2) is 44.6 Å². The van der Waals surface area contributed by atoms with E-state index in [0.717, 1.165) is 43.4 Å². The van der Waals surface area contributed by atoms with Crippen LogP contribution >= 0.6 is 0 Å². The first-order valence-electron chi connectivity index (χ1n) is 12.5. The maximum absolute atomic E-state index is 15.0. The molecule has 1 aliphatic carbocycles. The second-order valence-corrected chi connectivity index (χ2v) is 9.78. The normalized spacial score (nSPS) is 20.8. The second kappa shape index (κ2) is 9.38. The first-order chi connectivity index (χ1) is 16.9. The number of nitrogens with zero attached hydrogens (tertiary/aromatic N) is 6. The van der Waals surface area contributed by atoms with Gasteiger partial charge in [-0.1, -0.05) is 26.0 Å². The molecule has 0 amide bonds. The van der Waals surface area contributed by atoms with Crippen molar-refractivity contribution in [3.05, 3.63) is 63.5 Å². The van der Waals surface area contributed by atoms with Crippen LogP contribution in [-0.2, 0) is 13.6 Å². The highest BCUT2D eigenvalue weighted by atomic mass is 19.1. The molecular formula is C27H31FN6O. The minimum absolute atomic E-state index is 0.0851. The summed E-state index contributed by atoms with van der Waals surface area (Å²) in [6, 6.07) is 11.5. The van der Waals surface area contributed by atoms with Crippen molar-refractivity contribution in [3.8, 4) is 6.07 Å². The van der Waals surface area contributed by atoms with E-state index in [0.29, 0.717) is 41.6 Å². The Bertz CT molecular complexity index is 1360. The number of rotatable bonds is 6. The molecular weight excluding hydrogens is 443 g/mol. The van der Waals surface area contributed by atoms with Gasteiger partial charge >= 0.3 is 5.69 Å². The molecule has 3 aromatic rings. The van der Waals surface area contributed by atoms with Crippen molar-refractivity contribution in [1.29, 1.82) is 5.26 Å². The SMILES string of the molecule is CC[C@@H]1CN(c2nc(=O)n(C)c3ccc(C#N)nc23)[C@@H](CC)CN1Cc1ccc(C2CC2)cc1F. The van der Waals surface area contributed by atoms with Crippen LogP contribution in [0.15, 0.2) is 35.1 Å². The Balaban J connectivity index is 1.47. The van der Waals surface area contributed by atoms with Crippen LogP contribution in [0.3, 0.4) is 0 Å². The standard InChI is InChI=1S/C27H31FN6O/c1-4-21-16-34(26-25-24(32(3)27(35)31-26)11-10-20(13-29)30-25)22(5-2)15-33(21)14-19-9-8-18(12-23(19)28)17-6-7-17/h8-12,17,21-22H,4-7,14-16H2,1-3H3/t21-,22+/m1/s1. The van der Waals surface area contributed by atoms with Gasteiger partial charge in [-0.05, 0) is 55.4 Å². The lowest BCUT2D eigenvalue weighted by Crippen LogP contribution is -2.58. The Morgan fingerprint density at radius 2 is 1.86 bits per heavy atom. The number of halogens is 1. The van der Waals surface area contributed by atoms with Gasteiger partial charge in [0.15, 0.2) is 5.82 Å². The van der Waals surface area contributed by atoms with Crippen molar-refractivity contribution in [1.82, 2.24) is 19.4 Å². The molecule has 2 atom stereocenters. The molecule has 8 heteroatoms. The minimum Gasteiger partial charge on any atom is -0.349 e. The molecule has 5 rings (SSSR count). The highest BCUT2D eigenvalue weighted by Crippen LogP contribution is 2.40. The lowest BCUT2D eigenvalue weighted by atomic mass is 10.00. The first-order valence-corrected chi connectivity index (χ1v) is 12.5.